The number of aliphatic hydroxyl groups is 1. The Hall–Kier alpha value is -1.46. The summed E-state index contributed by atoms with van der Waals surface area (Å²) >= 11 is 1.49. The molecule has 1 atom stereocenters. The molecular weight excluding hydrogens is 212 g/mol. The lowest BCUT2D eigenvalue weighted by molar-refractivity contribution is 0.217. The van der Waals surface area contributed by atoms with Crippen LogP contribution in [-0.4, -0.2) is 22.4 Å². The molecule has 0 aliphatic carbocycles. The Morgan fingerprint density at radius 3 is 2.73 bits per heavy atom. The van der Waals surface area contributed by atoms with E-state index in [2.05, 4.69) is 10.2 Å². The van der Waals surface area contributed by atoms with Gasteiger partial charge in [-0.05, 0) is 17.5 Å². The number of rotatable bonds is 3. The Morgan fingerprint density at radius 1 is 1.33 bits per heavy atom. The first kappa shape index (κ1) is 10.1. The normalized spacial score (nSPS) is 12.4. The molecule has 0 fully saturated rings. The second kappa shape index (κ2) is 4.37. The van der Waals surface area contributed by atoms with Gasteiger partial charge < -0.3 is 9.84 Å². The fourth-order valence-electron chi connectivity index (χ4n) is 1.18. The SMILES string of the molecule is COc1ccc(C(O)c2cccs2)nn1. The predicted octanol–water partition coefficient (Wildman–Crippen LogP) is 1.63. The summed E-state index contributed by atoms with van der Waals surface area (Å²) in [4.78, 5) is 0.856. The highest BCUT2D eigenvalue weighted by Crippen LogP contribution is 2.24. The van der Waals surface area contributed by atoms with Crippen molar-refractivity contribution < 1.29 is 9.84 Å². The molecule has 2 rings (SSSR count). The van der Waals surface area contributed by atoms with E-state index >= 15 is 0 Å². The zero-order valence-corrected chi connectivity index (χ0v) is 8.94. The minimum atomic E-state index is -0.705. The molecule has 0 bridgehead atoms. The van der Waals surface area contributed by atoms with Crippen molar-refractivity contribution in [2.24, 2.45) is 0 Å². The molecule has 0 saturated heterocycles. The van der Waals surface area contributed by atoms with Crippen LogP contribution in [0.2, 0.25) is 0 Å². The van der Waals surface area contributed by atoms with Gasteiger partial charge in [-0.15, -0.1) is 21.5 Å². The molecule has 5 heteroatoms. The van der Waals surface area contributed by atoms with Crippen LogP contribution in [0.5, 0.6) is 5.88 Å². The summed E-state index contributed by atoms with van der Waals surface area (Å²) in [5.41, 5.74) is 0.526. The third-order valence-electron chi connectivity index (χ3n) is 1.96. The molecule has 0 aliphatic heterocycles. The van der Waals surface area contributed by atoms with Gasteiger partial charge in [0.15, 0.2) is 0 Å². The standard InChI is InChI=1S/C10H10N2O2S/c1-14-9-5-4-7(11-12-9)10(13)8-3-2-6-15-8/h2-6,10,13H,1H3. The fraction of sp³-hybridized carbons (Fsp3) is 0.200. The molecule has 0 radical (unpaired) electrons. The van der Waals surface area contributed by atoms with E-state index in [9.17, 15) is 5.11 Å². The zero-order valence-electron chi connectivity index (χ0n) is 8.12. The smallest absolute Gasteiger partial charge is 0.233 e. The lowest BCUT2D eigenvalue weighted by Crippen LogP contribution is -2.02. The van der Waals surface area contributed by atoms with Gasteiger partial charge in [-0.25, -0.2) is 0 Å². The van der Waals surface area contributed by atoms with Crippen LogP contribution in [-0.2, 0) is 0 Å². The van der Waals surface area contributed by atoms with Crippen molar-refractivity contribution in [1.82, 2.24) is 10.2 Å². The molecule has 2 heterocycles. The number of hydrogen-bond donors (Lipinski definition) is 1. The van der Waals surface area contributed by atoms with E-state index in [-0.39, 0.29) is 0 Å². The molecule has 2 aromatic rings. The molecule has 15 heavy (non-hydrogen) atoms. The van der Waals surface area contributed by atoms with Crippen molar-refractivity contribution in [3.63, 3.8) is 0 Å². The third kappa shape index (κ3) is 2.14. The molecular formula is C10H10N2O2S. The Morgan fingerprint density at radius 2 is 2.20 bits per heavy atom. The summed E-state index contributed by atoms with van der Waals surface area (Å²) in [5, 5.41) is 19.5. The van der Waals surface area contributed by atoms with Crippen LogP contribution in [0.1, 0.15) is 16.7 Å². The first-order valence-corrected chi connectivity index (χ1v) is 5.28. The average molecular weight is 222 g/mol. The average Bonchev–Trinajstić information content (AvgIpc) is 2.82. The van der Waals surface area contributed by atoms with Crippen LogP contribution in [0.4, 0.5) is 0 Å². The number of methoxy groups -OCH3 is 1. The van der Waals surface area contributed by atoms with Crippen LogP contribution in [0.3, 0.4) is 0 Å². The largest absolute Gasteiger partial charge is 0.480 e. The van der Waals surface area contributed by atoms with Gasteiger partial charge in [0.25, 0.3) is 0 Å². The van der Waals surface area contributed by atoms with Gasteiger partial charge in [0.2, 0.25) is 5.88 Å². The highest BCUT2D eigenvalue weighted by molar-refractivity contribution is 7.10. The Bertz CT molecular complexity index is 413. The van der Waals surface area contributed by atoms with Crippen molar-refractivity contribution in [3.8, 4) is 5.88 Å². The predicted molar refractivity (Wildman–Crippen MR) is 57.0 cm³/mol. The summed E-state index contributed by atoms with van der Waals surface area (Å²) in [6.07, 6.45) is -0.705. The summed E-state index contributed by atoms with van der Waals surface area (Å²) in [6.45, 7) is 0. The van der Waals surface area contributed by atoms with Crippen molar-refractivity contribution in [3.05, 3.63) is 40.2 Å². The Kier molecular flexibility index (Phi) is 2.94. The van der Waals surface area contributed by atoms with Gasteiger partial charge in [-0.2, -0.15) is 0 Å². The van der Waals surface area contributed by atoms with E-state index in [1.807, 2.05) is 17.5 Å². The van der Waals surface area contributed by atoms with E-state index in [4.69, 9.17) is 4.74 Å². The van der Waals surface area contributed by atoms with Crippen molar-refractivity contribution in [2.75, 3.05) is 7.11 Å². The van der Waals surface area contributed by atoms with Crippen LogP contribution in [0.15, 0.2) is 29.6 Å². The molecule has 1 N–H and O–H groups in total. The van der Waals surface area contributed by atoms with Crippen LogP contribution >= 0.6 is 11.3 Å². The Balaban J connectivity index is 2.22. The lowest BCUT2D eigenvalue weighted by Gasteiger charge is -2.06. The molecule has 0 spiro atoms. The summed E-state index contributed by atoms with van der Waals surface area (Å²) in [6, 6.07) is 7.14. The van der Waals surface area contributed by atoms with Gasteiger partial charge >= 0.3 is 0 Å². The topological polar surface area (TPSA) is 55.2 Å². The van der Waals surface area contributed by atoms with E-state index in [1.165, 1.54) is 18.4 Å². The minimum Gasteiger partial charge on any atom is -0.480 e. The number of aliphatic hydroxyl groups excluding tert-OH is 1. The maximum absolute atomic E-state index is 9.91. The maximum Gasteiger partial charge on any atom is 0.233 e. The fourth-order valence-corrected chi connectivity index (χ4v) is 1.90. The third-order valence-corrected chi connectivity index (χ3v) is 2.89. The van der Waals surface area contributed by atoms with Gasteiger partial charge in [0.05, 0.1) is 12.8 Å². The Labute approximate surface area is 91.2 Å². The molecule has 4 nitrogen and oxygen atoms in total. The highest BCUT2D eigenvalue weighted by Gasteiger charge is 2.13. The summed E-state index contributed by atoms with van der Waals surface area (Å²) in [5.74, 6) is 0.442. The van der Waals surface area contributed by atoms with Crippen molar-refractivity contribution in [2.45, 2.75) is 6.10 Å². The maximum atomic E-state index is 9.91. The second-order valence-corrected chi connectivity index (χ2v) is 3.90. The quantitative estimate of drug-likeness (QED) is 0.857. The summed E-state index contributed by atoms with van der Waals surface area (Å²) < 4.78 is 4.89. The molecule has 0 amide bonds. The van der Waals surface area contributed by atoms with Crippen LogP contribution in [0, 0.1) is 0 Å². The molecule has 0 aromatic carbocycles. The van der Waals surface area contributed by atoms with Crippen molar-refractivity contribution in [1.29, 1.82) is 0 Å². The molecule has 0 aliphatic rings. The highest BCUT2D eigenvalue weighted by atomic mass is 32.1. The molecule has 0 saturated carbocycles. The molecule has 2 aromatic heterocycles. The van der Waals surface area contributed by atoms with E-state index in [0.717, 1.165) is 4.88 Å². The van der Waals surface area contributed by atoms with E-state index < -0.39 is 6.10 Å². The first-order chi connectivity index (χ1) is 7.31. The summed E-state index contributed by atoms with van der Waals surface area (Å²) in [7, 11) is 1.53. The minimum absolute atomic E-state index is 0.442. The van der Waals surface area contributed by atoms with Gasteiger partial charge in [-0.1, -0.05) is 6.07 Å². The van der Waals surface area contributed by atoms with Gasteiger partial charge in [0, 0.05) is 10.9 Å². The first-order valence-electron chi connectivity index (χ1n) is 4.40. The molecule has 78 valence electrons. The van der Waals surface area contributed by atoms with Crippen LogP contribution in [0.25, 0.3) is 0 Å². The number of aromatic nitrogens is 2. The van der Waals surface area contributed by atoms with Crippen LogP contribution < -0.4 is 4.74 Å². The van der Waals surface area contributed by atoms with E-state index in [0.29, 0.717) is 11.6 Å². The molecule has 1 unspecified atom stereocenters. The van der Waals surface area contributed by atoms with Gasteiger partial charge in [0.1, 0.15) is 6.10 Å². The number of nitrogens with zero attached hydrogens (tertiary/aromatic N) is 2. The number of thiophene rings is 1. The van der Waals surface area contributed by atoms with E-state index in [1.54, 1.807) is 12.1 Å². The van der Waals surface area contributed by atoms with Gasteiger partial charge in [-0.3, -0.25) is 0 Å². The number of hydrogen-bond acceptors (Lipinski definition) is 5. The zero-order chi connectivity index (χ0) is 10.7. The number of ether oxygens (including phenoxy) is 1. The van der Waals surface area contributed by atoms with Crippen molar-refractivity contribution >= 4 is 11.3 Å². The lowest BCUT2D eigenvalue weighted by atomic mass is 10.2. The monoisotopic (exact) mass is 222 g/mol. The second-order valence-electron chi connectivity index (χ2n) is 2.92.